The molecule has 0 amide bonds. The van der Waals surface area contributed by atoms with Crippen LogP contribution >= 0.6 is 11.6 Å². The third kappa shape index (κ3) is 2.57. The third-order valence-corrected chi connectivity index (χ3v) is 2.01. The molecule has 0 fully saturated rings. The molecule has 3 N–H and O–H groups in total. The highest BCUT2D eigenvalue weighted by Crippen LogP contribution is 2.18. The summed E-state index contributed by atoms with van der Waals surface area (Å²) in [5.74, 6) is 0.881. The summed E-state index contributed by atoms with van der Waals surface area (Å²) in [4.78, 5) is 7.81. The van der Waals surface area contributed by atoms with Crippen molar-refractivity contribution in [3.8, 4) is 0 Å². The number of nitrogens with one attached hydrogen (secondary N) is 1. The second-order valence-corrected chi connectivity index (χ2v) is 3.37. The Labute approximate surface area is 92.1 Å². The van der Waals surface area contributed by atoms with E-state index in [2.05, 4.69) is 15.3 Å². The molecule has 0 radical (unpaired) electrons. The van der Waals surface area contributed by atoms with Gasteiger partial charge in [-0.05, 0) is 24.3 Å². The minimum Gasteiger partial charge on any atom is -0.368 e. The van der Waals surface area contributed by atoms with E-state index < -0.39 is 0 Å². The van der Waals surface area contributed by atoms with E-state index in [4.69, 9.17) is 17.3 Å². The summed E-state index contributed by atoms with van der Waals surface area (Å²) in [6, 6.07) is 9.09. The lowest BCUT2D eigenvalue weighted by molar-refractivity contribution is 1.18. The summed E-state index contributed by atoms with van der Waals surface area (Å²) in [6.07, 6.45) is 1.59. The normalized spacial score (nSPS) is 9.93. The van der Waals surface area contributed by atoms with Gasteiger partial charge >= 0.3 is 0 Å². The molecule has 0 aliphatic heterocycles. The minimum atomic E-state index is 0.238. The Morgan fingerprint density at radius 1 is 1.27 bits per heavy atom. The molecule has 0 unspecified atom stereocenters. The largest absolute Gasteiger partial charge is 0.368 e. The van der Waals surface area contributed by atoms with Gasteiger partial charge in [0.05, 0.1) is 0 Å². The minimum absolute atomic E-state index is 0.238. The molecular formula is C10H9ClN4. The topological polar surface area (TPSA) is 63.8 Å². The number of hydrogen-bond acceptors (Lipinski definition) is 4. The molecule has 0 atom stereocenters. The van der Waals surface area contributed by atoms with Gasteiger partial charge in [-0.25, -0.2) is 4.98 Å². The van der Waals surface area contributed by atoms with Gasteiger partial charge in [0.15, 0.2) is 0 Å². The van der Waals surface area contributed by atoms with Gasteiger partial charge < -0.3 is 11.1 Å². The number of nitrogens with zero attached hydrogens (tertiary/aromatic N) is 2. The predicted octanol–water partition coefficient (Wildman–Crippen LogP) is 2.46. The van der Waals surface area contributed by atoms with Gasteiger partial charge in [-0.15, -0.1) is 0 Å². The standard InChI is InChI=1S/C10H9ClN4/c11-7-2-1-3-8(6-7)14-9-4-5-13-10(12)15-9/h1-6H,(H3,12,13,14,15). The lowest BCUT2D eigenvalue weighted by Gasteiger charge is -2.05. The number of nitrogen functional groups attached to an aromatic ring is 1. The van der Waals surface area contributed by atoms with E-state index in [1.54, 1.807) is 24.4 Å². The Balaban J connectivity index is 2.22. The van der Waals surface area contributed by atoms with Gasteiger partial charge in [0.1, 0.15) is 5.82 Å². The van der Waals surface area contributed by atoms with Crippen molar-refractivity contribution >= 4 is 29.1 Å². The molecule has 15 heavy (non-hydrogen) atoms. The quantitative estimate of drug-likeness (QED) is 0.816. The molecule has 76 valence electrons. The fourth-order valence-electron chi connectivity index (χ4n) is 1.16. The number of anilines is 3. The van der Waals surface area contributed by atoms with Crippen LogP contribution in [0.1, 0.15) is 0 Å². The zero-order valence-electron chi connectivity index (χ0n) is 7.81. The van der Waals surface area contributed by atoms with Crippen molar-refractivity contribution in [2.45, 2.75) is 0 Å². The Hall–Kier alpha value is -1.81. The Morgan fingerprint density at radius 2 is 2.13 bits per heavy atom. The summed E-state index contributed by atoms with van der Waals surface area (Å²) in [6.45, 7) is 0. The first-order valence-corrected chi connectivity index (χ1v) is 4.73. The second-order valence-electron chi connectivity index (χ2n) is 2.94. The highest BCUT2D eigenvalue weighted by atomic mass is 35.5. The first kappa shape index (κ1) is 9.73. The molecular weight excluding hydrogens is 212 g/mol. The van der Waals surface area contributed by atoms with Crippen LogP contribution in [0.15, 0.2) is 36.5 Å². The molecule has 0 bridgehead atoms. The number of halogens is 1. The zero-order valence-corrected chi connectivity index (χ0v) is 8.57. The van der Waals surface area contributed by atoms with Gasteiger partial charge in [0.25, 0.3) is 0 Å². The number of rotatable bonds is 2. The second kappa shape index (κ2) is 4.14. The zero-order chi connectivity index (χ0) is 10.7. The first-order valence-electron chi connectivity index (χ1n) is 4.35. The highest BCUT2D eigenvalue weighted by Gasteiger charge is 1.97. The van der Waals surface area contributed by atoms with E-state index in [0.717, 1.165) is 5.69 Å². The molecule has 1 aromatic heterocycles. The number of nitrogens with two attached hydrogens (primary N) is 1. The van der Waals surface area contributed by atoms with Crippen LogP contribution < -0.4 is 11.1 Å². The summed E-state index contributed by atoms with van der Waals surface area (Å²) in [5, 5.41) is 3.74. The van der Waals surface area contributed by atoms with Crippen LogP contribution in [0.2, 0.25) is 5.02 Å². The van der Waals surface area contributed by atoms with Crippen LogP contribution in [0.5, 0.6) is 0 Å². The van der Waals surface area contributed by atoms with Crippen molar-refractivity contribution in [3.05, 3.63) is 41.6 Å². The SMILES string of the molecule is Nc1nccc(Nc2cccc(Cl)c2)n1. The lowest BCUT2D eigenvalue weighted by Crippen LogP contribution is -1.98. The van der Waals surface area contributed by atoms with Gasteiger partial charge in [0.2, 0.25) is 5.95 Å². The maximum absolute atomic E-state index is 5.84. The molecule has 0 saturated carbocycles. The Kier molecular flexibility index (Phi) is 2.69. The molecule has 2 rings (SSSR count). The smallest absolute Gasteiger partial charge is 0.221 e. The molecule has 0 aliphatic carbocycles. The number of benzene rings is 1. The summed E-state index contributed by atoms with van der Waals surface area (Å²) < 4.78 is 0. The van der Waals surface area contributed by atoms with E-state index >= 15 is 0 Å². The lowest BCUT2D eigenvalue weighted by atomic mass is 10.3. The summed E-state index contributed by atoms with van der Waals surface area (Å²) in [7, 11) is 0. The third-order valence-electron chi connectivity index (χ3n) is 1.77. The van der Waals surface area contributed by atoms with E-state index in [9.17, 15) is 0 Å². The van der Waals surface area contributed by atoms with E-state index in [1.165, 1.54) is 0 Å². The fraction of sp³-hybridized carbons (Fsp3) is 0. The molecule has 1 aromatic carbocycles. The van der Waals surface area contributed by atoms with Crippen LogP contribution in [0.3, 0.4) is 0 Å². The van der Waals surface area contributed by atoms with E-state index in [-0.39, 0.29) is 5.95 Å². The van der Waals surface area contributed by atoms with Crippen molar-refractivity contribution < 1.29 is 0 Å². The van der Waals surface area contributed by atoms with Crippen LogP contribution in [-0.2, 0) is 0 Å². The first-order chi connectivity index (χ1) is 7.24. The molecule has 5 heteroatoms. The van der Waals surface area contributed by atoms with Crippen molar-refractivity contribution in [1.29, 1.82) is 0 Å². The molecule has 1 heterocycles. The molecule has 4 nitrogen and oxygen atoms in total. The van der Waals surface area contributed by atoms with Gasteiger partial charge in [0, 0.05) is 16.9 Å². The number of hydrogen-bond donors (Lipinski definition) is 2. The Morgan fingerprint density at radius 3 is 2.87 bits per heavy atom. The average Bonchev–Trinajstić information content (AvgIpc) is 2.17. The maximum atomic E-state index is 5.84. The molecule has 0 aliphatic rings. The monoisotopic (exact) mass is 220 g/mol. The fourth-order valence-corrected chi connectivity index (χ4v) is 1.35. The highest BCUT2D eigenvalue weighted by molar-refractivity contribution is 6.30. The van der Waals surface area contributed by atoms with Crippen LogP contribution in [0, 0.1) is 0 Å². The van der Waals surface area contributed by atoms with Gasteiger partial charge in [-0.3, -0.25) is 0 Å². The molecule has 0 saturated heterocycles. The molecule has 2 aromatic rings. The van der Waals surface area contributed by atoms with Crippen molar-refractivity contribution in [2.75, 3.05) is 11.1 Å². The van der Waals surface area contributed by atoms with E-state index in [0.29, 0.717) is 10.8 Å². The average molecular weight is 221 g/mol. The number of aromatic nitrogens is 2. The van der Waals surface area contributed by atoms with Gasteiger partial charge in [-0.1, -0.05) is 17.7 Å². The van der Waals surface area contributed by atoms with Crippen molar-refractivity contribution in [3.63, 3.8) is 0 Å². The maximum Gasteiger partial charge on any atom is 0.221 e. The predicted molar refractivity (Wildman–Crippen MR) is 61.2 cm³/mol. The molecule has 0 spiro atoms. The van der Waals surface area contributed by atoms with E-state index in [1.807, 2.05) is 12.1 Å². The van der Waals surface area contributed by atoms with Gasteiger partial charge in [-0.2, -0.15) is 4.98 Å². The Bertz CT molecular complexity index is 429. The summed E-state index contributed by atoms with van der Waals surface area (Å²) >= 11 is 5.84. The summed E-state index contributed by atoms with van der Waals surface area (Å²) in [5.41, 5.74) is 6.32. The van der Waals surface area contributed by atoms with Crippen molar-refractivity contribution in [1.82, 2.24) is 9.97 Å². The van der Waals surface area contributed by atoms with Crippen LogP contribution in [0.4, 0.5) is 17.5 Å². The van der Waals surface area contributed by atoms with Crippen LogP contribution in [0.25, 0.3) is 0 Å². The van der Waals surface area contributed by atoms with Crippen molar-refractivity contribution in [2.24, 2.45) is 0 Å². The van der Waals surface area contributed by atoms with Crippen LogP contribution in [-0.4, -0.2) is 9.97 Å².